The van der Waals surface area contributed by atoms with Crippen molar-refractivity contribution in [1.82, 2.24) is 10.2 Å². The average molecular weight is 345 g/mol. The van der Waals surface area contributed by atoms with Gasteiger partial charge in [0.1, 0.15) is 12.1 Å². The van der Waals surface area contributed by atoms with Crippen LogP contribution >= 0.6 is 0 Å². The molecule has 0 aromatic heterocycles. The van der Waals surface area contributed by atoms with E-state index in [2.05, 4.69) is 24.5 Å². The van der Waals surface area contributed by atoms with Crippen molar-refractivity contribution < 1.29 is 14.4 Å². The molecule has 1 aliphatic rings. The zero-order valence-electron chi connectivity index (χ0n) is 15.6. The van der Waals surface area contributed by atoms with Gasteiger partial charge in [0.25, 0.3) is 5.91 Å². The fourth-order valence-electron chi connectivity index (χ4n) is 3.14. The fraction of sp³-hybridized carbons (Fsp3) is 0.526. The summed E-state index contributed by atoms with van der Waals surface area (Å²) in [4.78, 5) is 37.9. The van der Waals surface area contributed by atoms with E-state index in [1.807, 2.05) is 38.1 Å². The van der Waals surface area contributed by atoms with Gasteiger partial charge in [-0.2, -0.15) is 0 Å². The third kappa shape index (κ3) is 4.38. The summed E-state index contributed by atoms with van der Waals surface area (Å²) >= 11 is 0. The lowest BCUT2D eigenvalue weighted by Crippen LogP contribution is -2.45. The lowest BCUT2D eigenvalue weighted by Gasteiger charge is -2.23. The van der Waals surface area contributed by atoms with E-state index in [0.29, 0.717) is 18.0 Å². The number of rotatable bonds is 6. The van der Waals surface area contributed by atoms with Crippen molar-refractivity contribution in [1.29, 1.82) is 0 Å². The molecule has 0 saturated carbocycles. The summed E-state index contributed by atoms with van der Waals surface area (Å²) in [5.41, 5.74) is 0.882. The van der Waals surface area contributed by atoms with Crippen LogP contribution in [0.15, 0.2) is 24.3 Å². The first-order valence-corrected chi connectivity index (χ1v) is 8.66. The molecule has 0 bridgehead atoms. The van der Waals surface area contributed by atoms with Crippen molar-refractivity contribution in [2.45, 2.75) is 52.5 Å². The Morgan fingerprint density at radius 1 is 1.16 bits per heavy atom. The van der Waals surface area contributed by atoms with Gasteiger partial charge >= 0.3 is 6.03 Å². The first-order chi connectivity index (χ1) is 11.6. The second-order valence-electron chi connectivity index (χ2n) is 7.58. The molecule has 2 rings (SSSR count). The third-order valence-electron chi connectivity index (χ3n) is 4.32. The number of imide groups is 1. The summed E-state index contributed by atoms with van der Waals surface area (Å²) in [5.74, 6) is -0.0806. The normalized spacial score (nSPS) is 20.4. The maximum Gasteiger partial charge on any atom is 0.325 e. The number of anilines is 1. The zero-order valence-corrected chi connectivity index (χ0v) is 15.6. The number of hydrogen-bond donors (Lipinski definition) is 2. The van der Waals surface area contributed by atoms with E-state index in [1.54, 1.807) is 6.92 Å². The topological polar surface area (TPSA) is 78.5 Å². The molecule has 1 unspecified atom stereocenters. The molecule has 1 saturated heterocycles. The lowest BCUT2D eigenvalue weighted by atomic mass is 9.91. The Hall–Kier alpha value is -2.37. The Morgan fingerprint density at radius 3 is 2.28 bits per heavy atom. The minimum absolute atomic E-state index is 0.252. The number of benzene rings is 1. The van der Waals surface area contributed by atoms with Crippen LogP contribution in [0.25, 0.3) is 0 Å². The van der Waals surface area contributed by atoms with Crippen molar-refractivity contribution in [3.63, 3.8) is 0 Å². The highest BCUT2D eigenvalue weighted by atomic mass is 16.2. The van der Waals surface area contributed by atoms with Gasteiger partial charge in [0, 0.05) is 5.69 Å². The van der Waals surface area contributed by atoms with Crippen LogP contribution in [0.3, 0.4) is 0 Å². The van der Waals surface area contributed by atoms with Crippen LogP contribution in [0.1, 0.15) is 52.5 Å². The third-order valence-corrected chi connectivity index (χ3v) is 4.32. The number of hydrogen-bond acceptors (Lipinski definition) is 3. The molecule has 6 heteroatoms. The van der Waals surface area contributed by atoms with E-state index in [-0.39, 0.29) is 18.4 Å². The Morgan fingerprint density at radius 2 is 1.76 bits per heavy atom. The lowest BCUT2D eigenvalue weighted by molar-refractivity contribution is -0.133. The molecule has 0 aliphatic carbocycles. The minimum atomic E-state index is -0.940. The van der Waals surface area contributed by atoms with Crippen LogP contribution in [0.4, 0.5) is 10.5 Å². The Bertz CT molecular complexity index is 667. The fourth-order valence-corrected chi connectivity index (χ4v) is 3.14. The van der Waals surface area contributed by atoms with Gasteiger partial charge in [-0.15, -0.1) is 0 Å². The largest absolute Gasteiger partial charge is 0.325 e. The van der Waals surface area contributed by atoms with E-state index in [1.165, 1.54) is 5.56 Å². The molecule has 1 aliphatic heterocycles. The van der Waals surface area contributed by atoms with Crippen LogP contribution < -0.4 is 10.6 Å². The van der Waals surface area contributed by atoms with Gasteiger partial charge in [-0.05, 0) is 42.9 Å². The van der Waals surface area contributed by atoms with Crippen molar-refractivity contribution >= 4 is 23.5 Å². The molecule has 1 aromatic carbocycles. The van der Waals surface area contributed by atoms with E-state index in [4.69, 9.17) is 0 Å². The first kappa shape index (κ1) is 19.0. The molecule has 4 amide bonds. The van der Waals surface area contributed by atoms with Crippen LogP contribution in [-0.2, 0) is 9.59 Å². The summed E-state index contributed by atoms with van der Waals surface area (Å²) < 4.78 is 0. The average Bonchev–Trinajstić information content (AvgIpc) is 2.70. The van der Waals surface area contributed by atoms with E-state index < -0.39 is 17.5 Å². The van der Waals surface area contributed by atoms with Gasteiger partial charge in [0.05, 0.1) is 0 Å². The second kappa shape index (κ2) is 7.25. The minimum Gasteiger partial charge on any atom is -0.325 e. The summed E-state index contributed by atoms with van der Waals surface area (Å²) in [5, 5.41) is 5.44. The smallest absolute Gasteiger partial charge is 0.325 e. The van der Waals surface area contributed by atoms with Crippen LogP contribution in [0.5, 0.6) is 0 Å². The van der Waals surface area contributed by atoms with Gasteiger partial charge in [-0.1, -0.05) is 39.8 Å². The summed E-state index contributed by atoms with van der Waals surface area (Å²) in [7, 11) is 0. The van der Waals surface area contributed by atoms with Crippen LogP contribution in [0, 0.1) is 5.92 Å². The first-order valence-electron chi connectivity index (χ1n) is 8.66. The molecule has 0 spiro atoms. The van der Waals surface area contributed by atoms with Gasteiger partial charge in [0.2, 0.25) is 5.91 Å². The highest BCUT2D eigenvalue weighted by molar-refractivity contribution is 6.09. The molecule has 0 radical (unpaired) electrons. The molecule has 136 valence electrons. The molecule has 1 atom stereocenters. The maximum absolute atomic E-state index is 12.5. The van der Waals surface area contributed by atoms with Crippen LogP contribution in [-0.4, -0.2) is 34.8 Å². The van der Waals surface area contributed by atoms with E-state index in [9.17, 15) is 14.4 Å². The standard InChI is InChI=1S/C19H27N3O3/c1-12(2)10-19(5)17(24)22(18(25)21-19)11-16(23)20-15-8-6-14(7-9-15)13(3)4/h6-9,12-13H,10-11H2,1-5H3,(H,20,23)(H,21,25). The summed E-state index contributed by atoms with van der Waals surface area (Å²) in [6.45, 7) is 9.58. The predicted octanol–water partition coefficient (Wildman–Crippen LogP) is 3.11. The van der Waals surface area contributed by atoms with E-state index >= 15 is 0 Å². The molecule has 1 heterocycles. The van der Waals surface area contributed by atoms with Crippen molar-refractivity contribution in [2.24, 2.45) is 5.92 Å². The van der Waals surface area contributed by atoms with E-state index in [0.717, 1.165) is 4.90 Å². The van der Waals surface area contributed by atoms with Crippen molar-refractivity contribution in [2.75, 3.05) is 11.9 Å². The molecule has 1 fully saturated rings. The number of nitrogens with zero attached hydrogens (tertiary/aromatic N) is 1. The number of amides is 4. The Labute approximate surface area is 149 Å². The number of nitrogens with one attached hydrogen (secondary N) is 2. The summed E-state index contributed by atoms with van der Waals surface area (Å²) in [6.07, 6.45) is 0.534. The number of carbonyl (C=O) groups is 3. The quantitative estimate of drug-likeness (QED) is 0.778. The van der Waals surface area contributed by atoms with Crippen molar-refractivity contribution in [3.05, 3.63) is 29.8 Å². The van der Waals surface area contributed by atoms with Gasteiger partial charge in [0.15, 0.2) is 0 Å². The molecule has 25 heavy (non-hydrogen) atoms. The van der Waals surface area contributed by atoms with Gasteiger partial charge in [-0.3, -0.25) is 14.5 Å². The second-order valence-corrected chi connectivity index (χ2v) is 7.58. The molecule has 6 nitrogen and oxygen atoms in total. The van der Waals surface area contributed by atoms with Gasteiger partial charge in [-0.25, -0.2) is 4.79 Å². The van der Waals surface area contributed by atoms with Crippen LogP contribution in [0.2, 0.25) is 0 Å². The van der Waals surface area contributed by atoms with Gasteiger partial charge < -0.3 is 10.6 Å². The molecule has 2 N–H and O–H groups in total. The maximum atomic E-state index is 12.5. The predicted molar refractivity (Wildman–Crippen MR) is 97.3 cm³/mol. The highest BCUT2D eigenvalue weighted by Crippen LogP contribution is 2.25. The number of carbonyl (C=O) groups excluding carboxylic acids is 3. The van der Waals surface area contributed by atoms with Crippen molar-refractivity contribution in [3.8, 4) is 0 Å². The SMILES string of the molecule is CC(C)CC1(C)NC(=O)N(CC(=O)Nc2ccc(C(C)C)cc2)C1=O. The molecular weight excluding hydrogens is 318 g/mol. The zero-order chi connectivity index (χ0) is 18.8. The highest BCUT2D eigenvalue weighted by Gasteiger charge is 2.48. The molecular formula is C19H27N3O3. The Balaban J connectivity index is 2.00. The monoisotopic (exact) mass is 345 g/mol. The number of urea groups is 1. The summed E-state index contributed by atoms with van der Waals surface area (Å²) in [6, 6.07) is 7.03. The Kier molecular flexibility index (Phi) is 5.50. The molecule has 1 aromatic rings.